The van der Waals surface area contributed by atoms with Crippen molar-refractivity contribution in [2.75, 3.05) is 25.5 Å². The van der Waals surface area contributed by atoms with Crippen LogP contribution in [0.3, 0.4) is 0 Å². The summed E-state index contributed by atoms with van der Waals surface area (Å²) in [6.45, 7) is 3.39. The van der Waals surface area contributed by atoms with Gasteiger partial charge in [-0.3, -0.25) is 0 Å². The Bertz CT molecular complexity index is 678. The molecule has 0 saturated heterocycles. The Kier molecular flexibility index (Phi) is 4.69. The third-order valence-corrected chi connectivity index (χ3v) is 4.91. The lowest BCUT2D eigenvalue weighted by Gasteiger charge is -2.21. The molecule has 2 aromatic rings. The van der Waals surface area contributed by atoms with Gasteiger partial charge in [0.2, 0.25) is 5.09 Å². The standard InChI is InChI=1S/C15H20N2O3S/c1-4-17(13-8-6-5-7-9-13)12-14-10-11-15(20-14)21(18,19)16(2)3/h5-11H,4,12H2,1-3H3. The molecule has 1 aromatic heterocycles. The average molecular weight is 308 g/mol. The van der Waals surface area contributed by atoms with E-state index in [-0.39, 0.29) is 5.09 Å². The largest absolute Gasteiger partial charge is 0.446 e. The highest BCUT2D eigenvalue weighted by molar-refractivity contribution is 7.88. The van der Waals surface area contributed by atoms with E-state index in [0.717, 1.165) is 16.5 Å². The summed E-state index contributed by atoms with van der Waals surface area (Å²) in [4.78, 5) is 2.12. The van der Waals surface area contributed by atoms with Crippen LogP contribution in [-0.2, 0) is 16.6 Å². The highest BCUT2D eigenvalue weighted by Crippen LogP contribution is 2.21. The van der Waals surface area contributed by atoms with Crippen LogP contribution in [0, 0.1) is 0 Å². The van der Waals surface area contributed by atoms with Gasteiger partial charge in [-0.15, -0.1) is 0 Å². The molecule has 0 aliphatic heterocycles. The molecule has 6 heteroatoms. The third-order valence-electron chi connectivity index (χ3n) is 3.22. The normalized spacial score (nSPS) is 11.8. The van der Waals surface area contributed by atoms with E-state index < -0.39 is 10.0 Å². The zero-order valence-corrected chi connectivity index (χ0v) is 13.3. The summed E-state index contributed by atoms with van der Waals surface area (Å²) in [6, 6.07) is 13.2. The summed E-state index contributed by atoms with van der Waals surface area (Å²) in [6.07, 6.45) is 0. The van der Waals surface area contributed by atoms with E-state index in [2.05, 4.69) is 4.90 Å². The van der Waals surface area contributed by atoms with Gasteiger partial charge in [0, 0.05) is 26.3 Å². The van der Waals surface area contributed by atoms with Gasteiger partial charge in [0.25, 0.3) is 10.0 Å². The lowest BCUT2D eigenvalue weighted by molar-refractivity contribution is 0.397. The Morgan fingerprint density at radius 3 is 2.29 bits per heavy atom. The Morgan fingerprint density at radius 1 is 1.05 bits per heavy atom. The fourth-order valence-electron chi connectivity index (χ4n) is 1.97. The smallest absolute Gasteiger partial charge is 0.275 e. The summed E-state index contributed by atoms with van der Waals surface area (Å²) in [5, 5.41) is -0.0217. The summed E-state index contributed by atoms with van der Waals surface area (Å²) < 4.78 is 30.6. The van der Waals surface area contributed by atoms with E-state index >= 15 is 0 Å². The highest BCUT2D eigenvalue weighted by Gasteiger charge is 2.21. The van der Waals surface area contributed by atoms with Crippen molar-refractivity contribution in [3.05, 3.63) is 48.2 Å². The van der Waals surface area contributed by atoms with Crippen LogP contribution < -0.4 is 4.90 Å². The maximum absolute atomic E-state index is 12.0. The average Bonchev–Trinajstić information content (AvgIpc) is 2.94. The van der Waals surface area contributed by atoms with Gasteiger partial charge in [0.05, 0.1) is 6.54 Å². The Labute approximate surface area is 125 Å². The molecule has 0 unspecified atom stereocenters. The van der Waals surface area contributed by atoms with Crippen molar-refractivity contribution in [2.24, 2.45) is 0 Å². The van der Waals surface area contributed by atoms with E-state index in [1.54, 1.807) is 6.07 Å². The Hall–Kier alpha value is -1.79. The number of benzene rings is 1. The Morgan fingerprint density at radius 2 is 1.71 bits per heavy atom. The second kappa shape index (κ2) is 6.32. The van der Waals surface area contributed by atoms with Crippen LogP contribution >= 0.6 is 0 Å². The van der Waals surface area contributed by atoms with Crippen molar-refractivity contribution in [3.8, 4) is 0 Å². The van der Waals surface area contributed by atoms with Crippen LogP contribution in [0.4, 0.5) is 5.69 Å². The van der Waals surface area contributed by atoms with Gasteiger partial charge in [0.1, 0.15) is 5.76 Å². The first-order chi connectivity index (χ1) is 9.95. The third kappa shape index (κ3) is 3.46. The predicted molar refractivity (Wildman–Crippen MR) is 82.7 cm³/mol. The fourth-order valence-corrected chi connectivity index (χ4v) is 2.79. The zero-order valence-electron chi connectivity index (χ0n) is 12.5. The molecule has 0 fully saturated rings. The molecule has 0 aliphatic rings. The van der Waals surface area contributed by atoms with Crippen LogP contribution in [0.2, 0.25) is 0 Å². The molecule has 0 radical (unpaired) electrons. The minimum absolute atomic E-state index is 0.0217. The second-order valence-electron chi connectivity index (χ2n) is 4.86. The number of sulfonamides is 1. The lowest BCUT2D eigenvalue weighted by Crippen LogP contribution is -2.22. The molecule has 0 atom stereocenters. The number of hydrogen-bond donors (Lipinski definition) is 0. The zero-order chi connectivity index (χ0) is 15.5. The van der Waals surface area contributed by atoms with Crippen LogP contribution in [0.1, 0.15) is 12.7 Å². The minimum atomic E-state index is -3.52. The monoisotopic (exact) mass is 308 g/mol. The summed E-state index contributed by atoms with van der Waals surface area (Å²) >= 11 is 0. The van der Waals surface area contributed by atoms with Crippen molar-refractivity contribution in [1.29, 1.82) is 0 Å². The van der Waals surface area contributed by atoms with Gasteiger partial charge in [-0.05, 0) is 31.2 Å². The van der Waals surface area contributed by atoms with Crippen molar-refractivity contribution in [1.82, 2.24) is 4.31 Å². The molecular formula is C15H20N2O3S. The van der Waals surface area contributed by atoms with E-state index in [9.17, 15) is 8.42 Å². The number of anilines is 1. The first-order valence-corrected chi connectivity index (χ1v) is 8.20. The van der Waals surface area contributed by atoms with Gasteiger partial charge < -0.3 is 9.32 Å². The first-order valence-electron chi connectivity index (χ1n) is 6.76. The first kappa shape index (κ1) is 15.6. The SMILES string of the molecule is CCN(Cc1ccc(S(=O)(=O)N(C)C)o1)c1ccccc1. The number of rotatable bonds is 6. The van der Waals surface area contributed by atoms with E-state index in [1.807, 2.05) is 37.3 Å². The molecule has 0 aliphatic carbocycles. The fraction of sp³-hybridized carbons (Fsp3) is 0.333. The molecule has 0 bridgehead atoms. The lowest BCUT2D eigenvalue weighted by atomic mass is 10.2. The van der Waals surface area contributed by atoms with Gasteiger partial charge >= 0.3 is 0 Å². The molecule has 0 saturated carbocycles. The maximum Gasteiger partial charge on any atom is 0.275 e. The molecule has 2 rings (SSSR count). The quantitative estimate of drug-likeness (QED) is 0.823. The van der Waals surface area contributed by atoms with Crippen molar-refractivity contribution in [3.63, 3.8) is 0 Å². The molecule has 0 spiro atoms. The van der Waals surface area contributed by atoms with Crippen molar-refractivity contribution < 1.29 is 12.8 Å². The molecule has 1 heterocycles. The van der Waals surface area contributed by atoms with Gasteiger partial charge in [0.15, 0.2) is 0 Å². The molecule has 1 aromatic carbocycles. The number of nitrogens with zero attached hydrogens (tertiary/aromatic N) is 2. The van der Waals surface area contributed by atoms with E-state index in [4.69, 9.17) is 4.42 Å². The maximum atomic E-state index is 12.0. The summed E-state index contributed by atoms with van der Waals surface area (Å²) in [7, 11) is -0.543. The van der Waals surface area contributed by atoms with E-state index in [0.29, 0.717) is 12.3 Å². The van der Waals surface area contributed by atoms with Crippen LogP contribution in [-0.4, -0.2) is 33.4 Å². The van der Waals surface area contributed by atoms with E-state index in [1.165, 1.54) is 20.2 Å². The highest BCUT2D eigenvalue weighted by atomic mass is 32.2. The molecule has 21 heavy (non-hydrogen) atoms. The molecule has 0 N–H and O–H groups in total. The summed E-state index contributed by atoms with van der Waals surface area (Å²) in [5.74, 6) is 0.626. The van der Waals surface area contributed by atoms with Gasteiger partial charge in [-0.2, -0.15) is 0 Å². The van der Waals surface area contributed by atoms with Crippen LogP contribution in [0.5, 0.6) is 0 Å². The molecule has 5 nitrogen and oxygen atoms in total. The second-order valence-corrected chi connectivity index (χ2v) is 6.94. The van der Waals surface area contributed by atoms with Crippen LogP contribution in [0.15, 0.2) is 52.0 Å². The van der Waals surface area contributed by atoms with Crippen molar-refractivity contribution in [2.45, 2.75) is 18.6 Å². The van der Waals surface area contributed by atoms with Gasteiger partial charge in [-0.25, -0.2) is 12.7 Å². The van der Waals surface area contributed by atoms with Crippen LogP contribution in [0.25, 0.3) is 0 Å². The molecule has 114 valence electrons. The number of para-hydroxylation sites is 1. The predicted octanol–water partition coefficient (Wildman–Crippen LogP) is 2.56. The molecular weight excluding hydrogens is 288 g/mol. The minimum Gasteiger partial charge on any atom is -0.446 e. The van der Waals surface area contributed by atoms with Gasteiger partial charge in [-0.1, -0.05) is 18.2 Å². The topological polar surface area (TPSA) is 53.8 Å². The van der Waals surface area contributed by atoms with Crippen molar-refractivity contribution >= 4 is 15.7 Å². The number of hydrogen-bond acceptors (Lipinski definition) is 4. The summed E-state index contributed by atoms with van der Waals surface area (Å²) in [5.41, 5.74) is 1.08. The Balaban J connectivity index is 2.19. The number of furan rings is 1. The molecule has 0 amide bonds.